The van der Waals surface area contributed by atoms with E-state index in [1.54, 1.807) is 13.1 Å². The Balaban J connectivity index is 1.85. The number of halogens is 2. The number of hydrogen-bond acceptors (Lipinski definition) is 4. The van der Waals surface area contributed by atoms with Gasteiger partial charge in [-0.25, -0.2) is 4.98 Å². The van der Waals surface area contributed by atoms with Gasteiger partial charge in [-0.3, -0.25) is 4.79 Å². The van der Waals surface area contributed by atoms with Crippen LogP contribution < -0.4 is 10.2 Å². The molecule has 1 aromatic heterocycles. The molecule has 0 spiro atoms. The number of hydrogen-bond donors (Lipinski definition) is 1. The van der Waals surface area contributed by atoms with Crippen LogP contribution >= 0.6 is 23.2 Å². The molecular formula is C27H32Cl2N4O. The van der Waals surface area contributed by atoms with Crippen LogP contribution in [-0.4, -0.2) is 43.0 Å². The van der Waals surface area contributed by atoms with E-state index in [1.165, 1.54) is 11.8 Å². The van der Waals surface area contributed by atoms with Crippen LogP contribution in [0.5, 0.6) is 0 Å². The average Bonchev–Trinajstić information content (AvgIpc) is 2.81. The first-order valence-electron chi connectivity index (χ1n) is 11.3. The van der Waals surface area contributed by atoms with Crippen molar-refractivity contribution in [1.82, 2.24) is 9.88 Å². The van der Waals surface area contributed by atoms with Crippen LogP contribution in [0, 0.1) is 0 Å². The molecule has 0 aliphatic heterocycles. The number of pyridine rings is 1. The number of nitrogens with one attached hydrogen (secondary N) is 1. The van der Waals surface area contributed by atoms with Crippen molar-refractivity contribution in [2.24, 2.45) is 0 Å². The molecule has 2 aromatic carbocycles. The van der Waals surface area contributed by atoms with Gasteiger partial charge >= 0.3 is 0 Å². The molecule has 0 radical (unpaired) electrons. The van der Waals surface area contributed by atoms with Gasteiger partial charge in [-0.1, -0.05) is 68.2 Å². The molecule has 7 heteroatoms. The minimum Gasteiger partial charge on any atom is -0.373 e. The van der Waals surface area contributed by atoms with E-state index in [1.807, 2.05) is 36.2 Å². The molecule has 3 aromatic rings. The average molecular weight is 499 g/mol. The Hall–Kier alpha value is -2.76. The summed E-state index contributed by atoms with van der Waals surface area (Å²) in [7, 11) is 3.75. The molecule has 180 valence electrons. The molecular weight excluding hydrogens is 467 g/mol. The normalized spacial score (nSPS) is 11.3. The van der Waals surface area contributed by atoms with Crippen molar-refractivity contribution in [2.45, 2.75) is 32.7 Å². The number of rotatable bonds is 8. The first-order chi connectivity index (χ1) is 16.1. The van der Waals surface area contributed by atoms with Crippen LogP contribution in [0.3, 0.4) is 0 Å². The van der Waals surface area contributed by atoms with Crippen molar-refractivity contribution >= 4 is 40.6 Å². The van der Waals surface area contributed by atoms with Crippen molar-refractivity contribution in [3.63, 3.8) is 0 Å². The van der Waals surface area contributed by atoms with Gasteiger partial charge in [0.1, 0.15) is 5.82 Å². The van der Waals surface area contributed by atoms with E-state index in [-0.39, 0.29) is 11.3 Å². The van der Waals surface area contributed by atoms with E-state index in [0.717, 1.165) is 11.3 Å². The summed E-state index contributed by atoms with van der Waals surface area (Å²) < 4.78 is 0. The number of amides is 1. The van der Waals surface area contributed by atoms with Gasteiger partial charge in [0.05, 0.1) is 10.6 Å². The molecule has 0 saturated carbocycles. The third-order valence-corrected chi connectivity index (χ3v) is 6.23. The van der Waals surface area contributed by atoms with E-state index in [2.05, 4.69) is 60.2 Å². The molecule has 34 heavy (non-hydrogen) atoms. The van der Waals surface area contributed by atoms with Gasteiger partial charge in [-0.15, -0.1) is 0 Å². The van der Waals surface area contributed by atoms with E-state index in [9.17, 15) is 4.79 Å². The molecule has 0 bridgehead atoms. The van der Waals surface area contributed by atoms with E-state index in [0.29, 0.717) is 41.1 Å². The van der Waals surface area contributed by atoms with Crippen LogP contribution in [0.15, 0.2) is 60.8 Å². The first kappa shape index (κ1) is 25.9. The van der Waals surface area contributed by atoms with Gasteiger partial charge in [0.15, 0.2) is 0 Å². The Bertz CT molecular complexity index is 1110. The Morgan fingerprint density at radius 2 is 1.62 bits per heavy atom. The van der Waals surface area contributed by atoms with Crippen LogP contribution in [0.1, 0.15) is 42.3 Å². The molecule has 1 amide bonds. The zero-order valence-corrected chi connectivity index (χ0v) is 21.9. The smallest absolute Gasteiger partial charge is 0.258 e. The largest absolute Gasteiger partial charge is 0.373 e. The van der Waals surface area contributed by atoms with E-state index in [4.69, 9.17) is 23.2 Å². The molecule has 3 rings (SSSR count). The third-order valence-electron chi connectivity index (χ3n) is 5.77. The maximum atomic E-state index is 13.7. The highest BCUT2D eigenvalue weighted by Crippen LogP contribution is 2.24. The standard InChI is InChI=1S/C27H32Cl2N4O/c1-27(2,3)20-8-6-19(7-9-20)18-33(15-14-32(5)23-12-10-21(28)11-13-23)26(34)24-16-22(29)17-31-25(24)30-4/h6-13,16-17H,14-15,18H2,1-5H3,(H,30,31). The van der Waals surface area contributed by atoms with Crippen LogP contribution in [0.25, 0.3) is 0 Å². The quantitative estimate of drug-likeness (QED) is 0.384. The molecule has 5 nitrogen and oxygen atoms in total. The SMILES string of the molecule is CNc1ncc(Cl)cc1C(=O)N(CCN(C)c1ccc(Cl)cc1)Cc1ccc(C(C)(C)C)cc1. The van der Waals surface area contributed by atoms with Gasteiger partial charge < -0.3 is 15.1 Å². The van der Waals surface area contributed by atoms with Crippen molar-refractivity contribution in [2.75, 3.05) is 37.4 Å². The minimum absolute atomic E-state index is 0.0729. The lowest BCUT2D eigenvalue weighted by molar-refractivity contribution is 0.0748. The highest BCUT2D eigenvalue weighted by atomic mass is 35.5. The maximum absolute atomic E-state index is 13.7. The van der Waals surface area contributed by atoms with Crippen molar-refractivity contribution in [3.8, 4) is 0 Å². The number of likely N-dealkylation sites (N-methyl/N-ethyl adjacent to an activating group) is 1. The zero-order chi connectivity index (χ0) is 24.9. The van der Waals surface area contributed by atoms with E-state index < -0.39 is 0 Å². The lowest BCUT2D eigenvalue weighted by atomic mass is 9.87. The number of carbonyl (C=O) groups excluding carboxylic acids is 1. The molecule has 0 atom stereocenters. The third kappa shape index (κ3) is 6.64. The molecule has 1 N–H and O–H groups in total. The molecule has 0 fully saturated rings. The summed E-state index contributed by atoms with van der Waals surface area (Å²) in [5.74, 6) is 0.386. The fourth-order valence-electron chi connectivity index (χ4n) is 3.65. The summed E-state index contributed by atoms with van der Waals surface area (Å²) in [5, 5.41) is 4.12. The Morgan fingerprint density at radius 3 is 2.21 bits per heavy atom. The maximum Gasteiger partial charge on any atom is 0.258 e. The first-order valence-corrected chi connectivity index (χ1v) is 12.0. The lowest BCUT2D eigenvalue weighted by Gasteiger charge is -2.28. The summed E-state index contributed by atoms with van der Waals surface area (Å²) in [6, 6.07) is 17.8. The second kappa shape index (κ2) is 11.1. The van der Waals surface area contributed by atoms with Crippen LogP contribution in [-0.2, 0) is 12.0 Å². The van der Waals surface area contributed by atoms with Gasteiger partial charge in [0.25, 0.3) is 5.91 Å². The molecule has 0 aliphatic carbocycles. The summed E-state index contributed by atoms with van der Waals surface area (Å²) >= 11 is 12.2. The van der Waals surface area contributed by atoms with Crippen LogP contribution in [0.4, 0.5) is 11.5 Å². The molecule has 0 unspecified atom stereocenters. The van der Waals surface area contributed by atoms with Gasteiger partial charge in [-0.2, -0.15) is 0 Å². The summed E-state index contributed by atoms with van der Waals surface area (Å²) in [4.78, 5) is 21.9. The zero-order valence-electron chi connectivity index (χ0n) is 20.4. The van der Waals surface area contributed by atoms with E-state index >= 15 is 0 Å². The van der Waals surface area contributed by atoms with Gasteiger partial charge in [0, 0.05) is 50.6 Å². The predicted octanol–water partition coefficient (Wildman–Crippen LogP) is 6.51. The summed E-state index contributed by atoms with van der Waals surface area (Å²) in [6.07, 6.45) is 1.54. The van der Waals surface area contributed by atoms with Gasteiger partial charge in [-0.05, 0) is 46.9 Å². The minimum atomic E-state index is -0.122. The highest BCUT2D eigenvalue weighted by Gasteiger charge is 2.21. The lowest BCUT2D eigenvalue weighted by Crippen LogP contribution is -2.37. The second-order valence-corrected chi connectivity index (χ2v) is 10.2. The second-order valence-electron chi connectivity index (χ2n) is 9.37. The molecule has 1 heterocycles. The molecule has 0 saturated heterocycles. The summed E-state index contributed by atoms with van der Waals surface area (Å²) in [6.45, 7) is 8.22. The van der Waals surface area contributed by atoms with Crippen molar-refractivity contribution < 1.29 is 4.79 Å². The Kier molecular flexibility index (Phi) is 8.45. The number of carbonyl (C=O) groups is 1. The number of aromatic nitrogens is 1. The fraction of sp³-hybridized carbons (Fsp3) is 0.333. The number of nitrogens with zero attached hydrogens (tertiary/aromatic N) is 3. The topological polar surface area (TPSA) is 48.5 Å². The monoisotopic (exact) mass is 498 g/mol. The van der Waals surface area contributed by atoms with Crippen molar-refractivity contribution in [1.29, 1.82) is 0 Å². The fourth-order valence-corrected chi connectivity index (χ4v) is 3.93. The predicted molar refractivity (Wildman–Crippen MR) is 143 cm³/mol. The van der Waals surface area contributed by atoms with Crippen LogP contribution in [0.2, 0.25) is 10.0 Å². The summed E-state index contributed by atoms with van der Waals surface area (Å²) in [5.41, 5.74) is 3.88. The number of anilines is 2. The Morgan fingerprint density at radius 1 is 0.971 bits per heavy atom. The number of benzene rings is 2. The van der Waals surface area contributed by atoms with Crippen molar-refractivity contribution in [3.05, 3.63) is 87.5 Å². The Labute approximate surface area is 212 Å². The highest BCUT2D eigenvalue weighted by molar-refractivity contribution is 6.31. The van der Waals surface area contributed by atoms with Gasteiger partial charge in [0.2, 0.25) is 0 Å². The molecule has 0 aliphatic rings.